The second-order valence-corrected chi connectivity index (χ2v) is 7.10. The van der Waals surface area contributed by atoms with E-state index >= 15 is 0 Å². The van der Waals surface area contributed by atoms with Gasteiger partial charge < -0.3 is 10.5 Å². The molecule has 160 valence electrons. The molecule has 0 saturated heterocycles. The Kier molecular flexibility index (Phi) is 5.78. The minimum atomic E-state index is -4.85. The molecule has 10 heteroatoms. The van der Waals surface area contributed by atoms with Gasteiger partial charge in [-0.3, -0.25) is 9.78 Å². The number of aryl methyl sites for hydroxylation is 1. The van der Waals surface area contributed by atoms with Gasteiger partial charge in [0.25, 0.3) is 6.02 Å². The number of nitrogens with two attached hydrogens (primary N) is 1. The summed E-state index contributed by atoms with van der Waals surface area (Å²) < 4.78 is 72.6. The molecule has 0 unspecified atom stereocenters. The van der Waals surface area contributed by atoms with Crippen molar-refractivity contribution in [2.75, 3.05) is 6.67 Å². The van der Waals surface area contributed by atoms with Gasteiger partial charge in [-0.1, -0.05) is 12.1 Å². The summed E-state index contributed by atoms with van der Waals surface area (Å²) in [7, 11) is 0. The molecular formula is C20H18F5N3O2. The number of ketones is 1. The van der Waals surface area contributed by atoms with Crippen LogP contribution in [-0.2, 0) is 16.7 Å². The quantitative estimate of drug-likeness (QED) is 0.582. The van der Waals surface area contributed by atoms with Crippen molar-refractivity contribution in [1.82, 2.24) is 4.98 Å². The molecule has 0 saturated carbocycles. The number of halogens is 5. The van der Waals surface area contributed by atoms with Crippen LogP contribution in [0.1, 0.15) is 33.6 Å². The van der Waals surface area contributed by atoms with Crippen molar-refractivity contribution in [1.29, 1.82) is 0 Å². The number of alkyl halides is 4. The average Bonchev–Trinajstić information content (AvgIpc) is 2.68. The number of amidine groups is 1. The summed E-state index contributed by atoms with van der Waals surface area (Å²) in [5.41, 5.74) is 4.01. The zero-order chi connectivity index (χ0) is 22.1. The van der Waals surface area contributed by atoms with Crippen molar-refractivity contribution in [3.05, 3.63) is 64.7 Å². The van der Waals surface area contributed by atoms with Crippen LogP contribution in [0.5, 0.6) is 0 Å². The molecule has 1 aliphatic heterocycles. The van der Waals surface area contributed by atoms with Crippen LogP contribution in [0.4, 0.5) is 22.0 Å². The summed E-state index contributed by atoms with van der Waals surface area (Å²) >= 11 is 0. The van der Waals surface area contributed by atoms with Gasteiger partial charge in [-0.2, -0.15) is 13.2 Å². The van der Waals surface area contributed by atoms with Crippen LogP contribution in [0.25, 0.3) is 0 Å². The summed E-state index contributed by atoms with van der Waals surface area (Å²) in [6, 6.07) is 5.74. The van der Waals surface area contributed by atoms with E-state index in [4.69, 9.17) is 5.73 Å². The lowest BCUT2D eigenvalue weighted by Crippen LogP contribution is -2.48. The SMILES string of the molecule is Cc1ccc(C(=O)Cc2ccc(F)c([C@]3(CF)C[C@@H](C(F)(F)F)OC(N)=N3)c2)nc1. The Morgan fingerprint density at radius 1 is 1.30 bits per heavy atom. The maximum atomic E-state index is 14.5. The highest BCUT2D eigenvalue weighted by atomic mass is 19.4. The Hall–Kier alpha value is -3.04. The first kappa shape index (κ1) is 21.7. The molecule has 0 radical (unpaired) electrons. The molecule has 1 aromatic heterocycles. The molecule has 2 aromatic rings. The van der Waals surface area contributed by atoms with E-state index in [1.54, 1.807) is 13.0 Å². The van der Waals surface area contributed by atoms with Gasteiger partial charge in [0.15, 0.2) is 11.9 Å². The molecule has 3 rings (SSSR count). The van der Waals surface area contributed by atoms with Crippen molar-refractivity contribution in [2.24, 2.45) is 10.7 Å². The number of nitrogens with zero attached hydrogens (tertiary/aromatic N) is 2. The molecule has 5 nitrogen and oxygen atoms in total. The maximum Gasteiger partial charge on any atom is 0.425 e. The predicted octanol–water partition coefficient (Wildman–Crippen LogP) is 3.79. The van der Waals surface area contributed by atoms with Gasteiger partial charge in [0.2, 0.25) is 0 Å². The van der Waals surface area contributed by atoms with Crippen LogP contribution in [0, 0.1) is 12.7 Å². The van der Waals surface area contributed by atoms with E-state index in [-0.39, 0.29) is 23.5 Å². The van der Waals surface area contributed by atoms with E-state index in [0.717, 1.165) is 17.7 Å². The number of rotatable bonds is 5. The third-order valence-corrected chi connectivity index (χ3v) is 4.79. The highest BCUT2D eigenvalue weighted by molar-refractivity contribution is 5.95. The fourth-order valence-corrected chi connectivity index (χ4v) is 3.23. The fourth-order valence-electron chi connectivity index (χ4n) is 3.23. The molecule has 0 aliphatic carbocycles. The summed E-state index contributed by atoms with van der Waals surface area (Å²) in [5.74, 6) is -1.35. The van der Waals surface area contributed by atoms with Crippen LogP contribution in [0.15, 0.2) is 41.5 Å². The first-order chi connectivity index (χ1) is 14.0. The number of benzene rings is 1. The summed E-state index contributed by atoms with van der Waals surface area (Å²) in [5, 5.41) is 0. The highest BCUT2D eigenvalue weighted by Crippen LogP contribution is 2.41. The van der Waals surface area contributed by atoms with Gasteiger partial charge in [-0.05, 0) is 36.2 Å². The number of hydrogen-bond acceptors (Lipinski definition) is 5. The van der Waals surface area contributed by atoms with Crippen molar-refractivity contribution >= 4 is 11.8 Å². The number of carbonyl (C=O) groups excluding carboxylic acids is 1. The number of ether oxygens (including phenoxy) is 1. The number of hydrogen-bond donors (Lipinski definition) is 1. The summed E-state index contributed by atoms with van der Waals surface area (Å²) in [6.07, 6.45) is -6.96. The Morgan fingerprint density at radius 2 is 2.03 bits per heavy atom. The molecule has 2 heterocycles. The van der Waals surface area contributed by atoms with E-state index in [0.29, 0.717) is 0 Å². The van der Waals surface area contributed by atoms with E-state index in [2.05, 4.69) is 14.7 Å². The minimum absolute atomic E-state index is 0.178. The highest BCUT2D eigenvalue weighted by Gasteiger charge is 2.52. The van der Waals surface area contributed by atoms with Crippen LogP contribution in [0.2, 0.25) is 0 Å². The van der Waals surface area contributed by atoms with Crippen molar-refractivity contribution < 1.29 is 31.5 Å². The zero-order valence-corrected chi connectivity index (χ0v) is 15.8. The van der Waals surface area contributed by atoms with Crippen LogP contribution in [-0.4, -0.2) is 35.7 Å². The van der Waals surface area contributed by atoms with Crippen molar-refractivity contribution in [3.63, 3.8) is 0 Å². The standard InChI is InChI=1S/C20H18F5N3O2/c1-11-2-5-15(27-9-11)16(29)7-12-3-4-14(22)13(6-12)19(10-21)8-17(20(23,24)25)30-18(26)28-19/h2-6,9,17H,7-8,10H2,1H3,(H2,26,28)/t17-,19+/m0/s1. The van der Waals surface area contributed by atoms with E-state index in [9.17, 15) is 26.7 Å². The lowest BCUT2D eigenvalue weighted by Gasteiger charge is -2.36. The Balaban J connectivity index is 1.96. The van der Waals surface area contributed by atoms with Gasteiger partial charge >= 0.3 is 6.18 Å². The number of pyridine rings is 1. The third-order valence-electron chi connectivity index (χ3n) is 4.79. The number of carbonyl (C=O) groups is 1. The van der Waals surface area contributed by atoms with Gasteiger partial charge in [0.05, 0.1) is 0 Å². The monoisotopic (exact) mass is 427 g/mol. The van der Waals surface area contributed by atoms with Gasteiger partial charge in [-0.25, -0.2) is 13.8 Å². The van der Waals surface area contributed by atoms with Crippen molar-refractivity contribution in [2.45, 2.75) is 37.6 Å². The number of aliphatic imine (C=N–C) groups is 1. The molecule has 2 N–H and O–H groups in total. The average molecular weight is 427 g/mol. The van der Waals surface area contributed by atoms with Crippen LogP contribution >= 0.6 is 0 Å². The Labute approximate surface area is 168 Å². The van der Waals surface area contributed by atoms with Crippen molar-refractivity contribution in [3.8, 4) is 0 Å². The van der Waals surface area contributed by atoms with E-state index < -0.39 is 48.3 Å². The molecule has 0 spiro atoms. The van der Waals surface area contributed by atoms with Crippen LogP contribution in [0.3, 0.4) is 0 Å². The predicted molar refractivity (Wildman–Crippen MR) is 98.2 cm³/mol. The molecule has 30 heavy (non-hydrogen) atoms. The Bertz CT molecular complexity index is 975. The maximum absolute atomic E-state index is 14.5. The van der Waals surface area contributed by atoms with Gasteiger partial charge in [0.1, 0.15) is 23.7 Å². The number of aromatic nitrogens is 1. The zero-order valence-electron chi connectivity index (χ0n) is 15.8. The molecule has 1 aromatic carbocycles. The molecule has 1 aliphatic rings. The summed E-state index contributed by atoms with van der Waals surface area (Å²) in [6.45, 7) is 0.371. The fraction of sp³-hybridized carbons (Fsp3) is 0.350. The smallest absolute Gasteiger partial charge is 0.425 e. The topological polar surface area (TPSA) is 77.6 Å². The third kappa shape index (κ3) is 4.42. The van der Waals surface area contributed by atoms with E-state index in [1.807, 2.05) is 0 Å². The Morgan fingerprint density at radius 3 is 2.63 bits per heavy atom. The minimum Gasteiger partial charge on any atom is -0.452 e. The second-order valence-electron chi connectivity index (χ2n) is 7.10. The second kappa shape index (κ2) is 8.00. The summed E-state index contributed by atoms with van der Waals surface area (Å²) in [4.78, 5) is 20.1. The number of Topliss-reactive ketones (excluding diaryl/α,β-unsaturated/α-hetero) is 1. The van der Waals surface area contributed by atoms with E-state index in [1.165, 1.54) is 18.3 Å². The first-order valence-corrected chi connectivity index (χ1v) is 8.93. The van der Waals surface area contributed by atoms with Gasteiger partial charge in [-0.15, -0.1) is 0 Å². The van der Waals surface area contributed by atoms with Gasteiger partial charge in [0, 0.05) is 24.6 Å². The molecule has 0 bridgehead atoms. The normalized spacial score (nSPS) is 21.7. The first-order valence-electron chi connectivity index (χ1n) is 8.93. The molecule has 0 amide bonds. The molecular weight excluding hydrogens is 409 g/mol. The van der Waals surface area contributed by atoms with Crippen LogP contribution < -0.4 is 5.73 Å². The largest absolute Gasteiger partial charge is 0.452 e. The molecule has 0 fully saturated rings. The lowest BCUT2D eigenvalue weighted by molar-refractivity contribution is -0.209. The molecule has 2 atom stereocenters. The lowest BCUT2D eigenvalue weighted by atomic mass is 9.83.